The van der Waals surface area contributed by atoms with Crippen LogP contribution >= 0.6 is 11.3 Å². The Morgan fingerprint density at radius 1 is 1.22 bits per heavy atom. The number of carbonyl (C=O) groups excluding carboxylic acids is 1. The fraction of sp³-hybridized carbons (Fsp3) is 0.412. The van der Waals surface area contributed by atoms with E-state index in [0.717, 1.165) is 10.7 Å². The predicted molar refractivity (Wildman–Crippen MR) is 104 cm³/mol. The van der Waals surface area contributed by atoms with E-state index in [4.69, 9.17) is 4.74 Å². The number of ether oxygens (including phenoxy) is 1. The van der Waals surface area contributed by atoms with Gasteiger partial charge < -0.3 is 9.64 Å². The Morgan fingerprint density at radius 3 is 2.59 bits per heavy atom. The van der Waals surface area contributed by atoms with E-state index in [2.05, 4.69) is 20.1 Å². The number of anilines is 1. The van der Waals surface area contributed by atoms with Crippen LogP contribution in [0.2, 0.25) is 0 Å². The van der Waals surface area contributed by atoms with Crippen LogP contribution in [0.4, 0.5) is 5.13 Å². The second kappa shape index (κ2) is 7.93. The molecule has 0 spiro atoms. The molecule has 0 saturated carbocycles. The topological polar surface area (TPSA) is 101 Å². The molecular weight excluding hydrogens is 388 g/mol. The van der Waals surface area contributed by atoms with Crippen molar-refractivity contribution in [2.75, 3.05) is 31.2 Å². The summed E-state index contributed by atoms with van der Waals surface area (Å²) < 4.78 is 30.3. The maximum Gasteiger partial charge on any atom is 0.278 e. The smallest absolute Gasteiger partial charge is 0.278 e. The number of rotatable bonds is 5. The summed E-state index contributed by atoms with van der Waals surface area (Å²) in [5, 5.41) is 0.734. The molecule has 1 amide bonds. The van der Waals surface area contributed by atoms with Gasteiger partial charge in [0.1, 0.15) is 4.88 Å². The molecule has 27 heavy (non-hydrogen) atoms. The molecule has 146 valence electrons. The second-order valence-electron chi connectivity index (χ2n) is 6.34. The minimum atomic E-state index is -3.86. The fourth-order valence-corrected chi connectivity index (χ4v) is 4.89. The van der Waals surface area contributed by atoms with E-state index >= 15 is 0 Å². The fourth-order valence-electron chi connectivity index (χ4n) is 2.81. The summed E-state index contributed by atoms with van der Waals surface area (Å²) >= 11 is 1.24. The van der Waals surface area contributed by atoms with Gasteiger partial charge in [0.15, 0.2) is 5.13 Å². The summed E-state index contributed by atoms with van der Waals surface area (Å²) in [7, 11) is -3.86. The van der Waals surface area contributed by atoms with Gasteiger partial charge in [0.2, 0.25) is 0 Å². The van der Waals surface area contributed by atoms with Crippen molar-refractivity contribution in [3.63, 3.8) is 0 Å². The minimum Gasteiger partial charge on any atom is -0.378 e. The largest absolute Gasteiger partial charge is 0.378 e. The van der Waals surface area contributed by atoms with Crippen LogP contribution in [-0.2, 0) is 14.8 Å². The molecule has 2 heterocycles. The van der Waals surface area contributed by atoms with E-state index < -0.39 is 15.9 Å². The first kappa shape index (κ1) is 19.7. The van der Waals surface area contributed by atoms with Gasteiger partial charge in [-0.15, -0.1) is 4.83 Å². The van der Waals surface area contributed by atoms with E-state index in [1.54, 1.807) is 26.0 Å². The van der Waals surface area contributed by atoms with Gasteiger partial charge >= 0.3 is 0 Å². The Balaban J connectivity index is 1.71. The van der Waals surface area contributed by atoms with Crippen molar-refractivity contribution >= 4 is 32.4 Å². The molecule has 1 aliphatic rings. The molecule has 2 aromatic rings. The van der Waals surface area contributed by atoms with Crippen LogP contribution in [-0.4, -0.2) is 45.6 Å². The minimum absolute atomic E-state index is 0.128. The van der Waals surface area contributed by atoms with Gasteiger partial charge in [-0.25, -0.2) is 13.4 Å². The summed E-state index contributed by atoms with van der Waals surface area (Å²) in [4.78, 5) is 21.6. The number of benzene rings is 1. The Hall–Kier alpha value is -2.01. The zero-order chi connectivity index (χ0) is 19.6. The zero-order valence-corrected chi connectivity index (χ0v) is 17.0. The molecule has 0 unspecified atom stereocenters. The van der Waals surface area contributed by atoms with Crippen LogP contribution in [0.15, 0.2) is 23.1 Å². The Morgan fingerprint density at radius 2 is 1.93 bits per heavy atom. The van der Waals surface area contributed by atoms with Crippen molar-refractivity contribution in [3.05, 3.63) is 39.9 Å². The molecule has 1 aromatic heterocycles. The van der Waals surface area contributed by atoms with Gasteiger partial charge in [0, 0.05) is 13.1 Å². The number of nitrogens with one attached hydrogen (secondary N) is 2. The molecule has 10 heteroatoms. The average Bonchev–Trinajstić information content (AvgIpc) is 3.02. The van der Waals surface area contributed by atoms with Crippen molar-refractivity contribution in [2.24, 2.45) is 0 Å². The van der Waals surface area contributed by atoms with Crippen molar-refractivity contribution in [3.8, 4) is 0 Å². The number of morpholine rings is 1. The number of hydrogen-bond acceptors (Lipinski definition) is 7. The van der Waals surface area contributed by atoms with Gasteiger partial charge in [-0.2, -0.15) is 0 Å². The third-order valence-corrected chi connectivity index (χ3v) is 6.82. The summed E-state index contributed by atoms with van der Waals surface area (Å²) in [6.07, 6.45) is 0. The highest BCUT2D eigenvalue weighted by molar-refractivity contribution is 7.89. The Labute approximate surface area is 162 Å². The SMILES string of the molecule is Cc1ccc(S(=O)(=O)NNC(=O)c2sc(N3CCOCC3)nc2C)c(C)c1. The number of nitrogens with zero attached hydrogens (tertiary/aromatic N) is 2. The standard InChI is InChI=1S/C17H22N4O4S2/c1-11-4-5-14(12(2)10-11)27(23,24)20-19-16(22)15-13(3)18-17(26-15)21-6-8-25-9-7-21/h4-5,10,20H,6-9H2,1-3H3,(H,19,22). The van der Waals surface area contributed by atoms with Crippen LogP contribution in [0.25, 0.3) is 0 Å². The lowest BCUT2D eigenvalue weighted by Crippen LogP contribution is -2.41. The molecule has 3 rings (SSSR count). The summed E-state index contributed by atoms with van der Waals surface area (Å²) in [6, 6.07) is 5.01. The Bertz CT molecular complexity index is 950. The third-order valence-electron chi connectivity index (χ3n) is 4.19. The zero-order valence-electron chi connectivity index (χ0n) is 15.4. The maximum atomic E-state index is 12.5. The van der Waals surface area contributed by atoms with E-state index in [-0.39, 0.29) is 4.90 Å². The van der Waals surface area contributed by atoms with Crippen molar-refractivity contribution in [2.45, 2.75) is 25.7 Å². The first-order valence-electron chi connectivity index (χ1n) is 8.47. The molecule has 2 N–H and O–H groups in total. The van der Waals surface area contributed by atoms with Crippen molar-refractivity contribution < 1.29 is 17.9 Å². The second-order valence-corrected chi connectivity index (χ2v) is 8.97. The molecular formula is C17H22N4O4S2. The van der Waals surface area contributed by atoms with Gasteiger partial charge in [0.05, 0.1) is 23.8 Å². The number of amides is 1. The van der Waals surface area contributed by atoms with Crippen LogP contribution in [0.1, 0.15) is 26.5 Å². The number of thiazole rings is 1. The van der Waals surface area contributed by atoms with E-state index in [0.29, 0.717) is 42.4 Å². The predicted octanol–water partition coefficient (Wildman–Crippen LogP) is 1.53. The van der Waals surface area contributed by atoms with Crippen LogP contribution in [0.5, 0.6) is 0 Å². The molecule has 1 aromatic carbocycles. The summed E-state index contributed by atoms with van der Waals surface area (Å²) in [6.45, 7) is 8.00. The van der Waals surface area contributed by atoms with Crippen LogP contribution in [0, 0.1) is 20.8 Å². The lowest BCUT2D eigenvalue weighted by atomic mass is 10.2. The summed E-state index contributed by atoms with van der Waals surface area (Å²) in [5.41, 5.74) is 4.42. The lowest BCUT2D eigenvalue weighted by molar-refractivity contribution is 0.0948. The van der Waals surface area contributed by atoms with Crippen molar-refractivity contribution in [1.82, 2.24) is 15.2 Å². The van der Waals surface area contributed by atoms with Crippen LogP contribution in [0.3, 0.4) is 0 Å². The maximum absolute atomic E-state index is 12.5. The molecule has 0 bridgehead atoms. The third kappa shape index (κ3) is 4.46. The highest BCUT2D eigenvalue weighted by atomic mass is 32.2. The van der Waals surface area contributed by atoms with Crippen molar-refractivity contribution in [1.29, 1.82) is 0 Å². The monoisotopic (exact) mass is 410 g/mol. The number of aryl methyl sites for hydroxylation is 3. The molecule has 0 aliphatic carbocycles. The first-order chi connectivity index (χ1) is 12.8. The van der Waals surface area contributed by atoms with Gasteiger partial charge in [-0.05, 0) is 32.4 Å². The number of carbonyl (C=O) groups is 1. The number of aromatic nitrogens is 1. The molecule has 0 atom stereocenters. The van der Waals surface area contributed by atoms with E-state index in [1.165, 1.54) is 17.4 Å². The first-order valence-corrected chi connectivity index (χ1v) is 10.8. The molecule has 1 aliphatic heterocycles. The molecule has 1 saturated heterocycles. The highest BCUT2D eigenvalue weighted by Crippen LogP contribution is 2.26. The van der Waals surface area contributed by atoms with Crippen LogP contribution < -0.4 is 15.2 Å². The number of sulfonamides is 1. The molecule has 8 nitrogen and oxygen atoms in total. The Kier molecular flexibility index (Phi) is 5.80. The van der Waals surface area contributed by atoms with E-state index in [9.17, 15) is 13.2 Å². The molecule has 0 radical (unpaired) electrons. The van der Waals surface area contributed by atoms with E-state index in [1.807, 2.05) is 6.92 Å². The number of hydrazine groups is 1. The quantitative estimate of drug-likeness (QED) is 0.725. The summed E-state index contributed by atoms with van der Waals surface area (Å²) in [5.74, 6) is -0.530. The number of hydrogen-bond donors (Lipinski definition) is 2. The lowest BCUT2D eigenvalue weighted by Gasteiger charge is -2.25. The molecule has 1 fully saturated rings. The average molecular weight is 411 g/mol. The van der Waals surface area contributed by atoms with Gasteiger partial charge in [-0.1, -0.05) is 29.0 Å². The van der Waals surface area contributed by atoms with Gasteiger partial charge in [-0.3, -0.25) is 10.2 Å². The van der Waals surface area contributed by atoms with Gasteiger partial charge in [0.25, 0.3) is 15.9 Å². The highest BCUT2D eigenvalue weighted by Gasteiger charge is 2.22. The normalized spacial score (nSPS) is 15.0.